The van der Waals surface area contributed by atoms with Gasteiger partial charge in [0.1, 0.15) is 17.0 Å². The molecule has 1 spiro atoms. The van der Waals surface area contributed by atoms with Crippen LogP contribution in [0.2, 0.25) is 0 Å². The average molecular weight is 568 g/mol. The molecule has 1 saturated carbocycles. The van der Waals surface area contributed by atoms with Gasteiger partial charge in [-0.25, -0.2) is 0 Å². The number of carbonyl (C=O) groups excluding carboxylic acids is 2. The molecule has 1 aliphatic carbocycles. The van der Waals surface area contributed by atoms with Crippen LogP contribution in [0.1, 0.15) is 64.4 Å². The fourth-order valence-corrected chi connectivity index (χ4v) is 7.66. The molecule has 0 N–H and O–H groups in total. The van der Waals surface area contributed by atoms with Crippen molar-refractivity contribution in [3.63, 3.8) is 0 Å². The molecule has 4 aliphatic rings. The largest absolute Gasteiger partial charge is 0.464 e. The molecule has 4 heterocycles. The molecule has 3 aliphatic heterocycles. The first-order valence-corrected chi connectivity index (χ1v) is 15.8. The van der Waals surface area contributed by atoms with E-state index in [0.29, 0.717) is 12.5 Å². The van der Waals surface area contributed by atoms with Crippen LogP contribution in [0.4, 0.5) is 0 Å². The molecular formula is C35H41N3O4. The Hall–Kier alpha value is -3.45. The minimum atomic E-state index is -0.602. The SMILES string of the molecule is CC(CN1C(=O)C2(CCCC2)N=C1c1ccc(-c2ccc3occc3c2)cc1)C1CCN(C(=O)C2CCCOC2C)C1. The standard InChI is InChI=1S/C35H41N3O4/c1-23(29-13-17-37(22-29)33(39)30-6-5-18-41-24(30)2)21-38-32(36-35(34(38)40)15-3-4-16-35)26-9-7-25(8-10-26)27-11-12-31-28(20-27)14-19-42-31/h7-12,14,19-20,23-24,29-30H,3-6,13,15-18,21-22H2,1-2H3. The van der Waals surface area contributed by atoms with Crippen molar-refractivity contribution in [3.05, 3.63) is 60.4 Å². The predicted molar refractivity (Wildman–Crippen MR) is 163 cm³/mol. The summed E-state index contributed by atoms with van der Waals surface area (Å²) in [6.45, 7) is 7.21. The van der Waals surface area contributed by atoms with Crippen LogP contribution in [0, 0.1) is 17.8 Å². The molecule has 4 atom stereocenters. The fraction of sp³-hybridized carbons (Fsp3) is 0.514. The van der Waals surface area contributed by atoms with Gasteiger partial charge in [0, 0.05) is 37.2 Å². The molecule has 7 rings (SSSR count). The summed E-state index contributed by atoms with van der Waals surface area (Å²) in [4.78, 5) is 36.5. The van der Waals surface area contributed by atoms with Crippen molar-refractivity contribution in [2.45, 2.75) is 70.4 Å². The van der Waals surface area contributed by atoms with E-state index in [1.165, 1.54) is 0 Å². The van der Waals surface area contributed by atoms with Crippen LogP contribution in [0.15, 0.2) is 64.2 Å². The third kappa shape index (κ3) is 4.85. The Labute approximate surface area is 247 Å². The summed E-state index contributed by atoms with van der Waals surface area (Å²) in [6, 6.07) is 16.7. The second-order valence-corrected chi connectivity index (χ2v) is 13.0. The molecule has 7 heteroatoms. The Morgan fingerprint density at radius 3 is 2.57 bits per heavy atom. The smallest absolute Gasteiger partial charge is 0.256 e. The summed E-state index contributed by atoms with van der Waals surface area (Å²) in [5.41, 5.74) is 3.52. The van der Waals surface area contributed by atoms with Gasteiger partial charge in [-0.15, -0.1) is 0 Å². The number of benzene rings is 2. The van der Waals surface area contributed by atoms with Gasteiger partial charge in [-0.2, -0.15) is 0 Å². The minimum Gasteiger partial charge on any atom is -0.464 e. The first-order valence-electron chi connectivity index (χ1n) is 15.8. The van der Waals surface area contributed by atoms with E-state index in [2.05, 4.69) is 48.2 Å². The quantitative estimate of drug-likeness (QED) is 0.350. The number of hydrogen-bond acceptors (Lipinski definition) is 5. The molecule has 1 aromatic heterocycles. The number of amidine groups is 1. The number of carbonyl (C=O) groups is 2. The lowest BCUT2D eigenvalue weighted by molar-refractivity contribution is -0.143. The molecular weight excluding hydrogens is 526 g/mol. The van der Waals surface area contributed by atoms with Gasteiger partial charge in [0.2, 0.25) is 5.91 Å². The number of aliphatic imine (C=N–C) groups is 1. The van der Waals surface area contributed by atoms with Crippen LogP contribution in [0.5, 0.6) is 0 Å². The highest BCUT2D eigenvalue weighted by atomic mass is 16.5. The van der Waals surface area contributed by atoms with Gasteiger partial charge in [0.15, 0.2) is 0 Å². The van der Waals surface area contributed by atoms with Gasteiger partial charge in [0.25, 0.3) is 5.91 Å². The van der Waals surface area contributed by atoms with Crippen LogP contribution >= 0.6 is 0 Å². The highest BCUT2D eigenvalue weighted by molar-refractivity contribution is 6.15. The predicted octanol–water partition coefficient (Wildman–Crippen LogP) is 6.30. The third-order valence-corrected chi connectivity index (χ3v) is 10.3. The van der Waals surface area contributed by atoms with Crippen molar-refractivity contribution in [1.82, 2.24) is 9.80 Å². The van der Waals surface area contributed by atoms with Gasteiger partial charge >= 0.3 is 0 Å². The van der Waals surface area contributed by atoms with Crippen LogP contribution < -0.4 is 0 Å². The van der Waals surface area contributed by atoms with Crippen molar-refractivity contribution < 1.29 is 18.7 Å². The summed E-state index contributed by atoms with van der Waals surface area (Å²) in [7, 11) is 0. The lowest BCUT2D eigenvalue weighted by Crippen LogP contribution is -2.45. The van der Waals surface area contributed by atoms with Gasteiger partial charge < -0.3 is 14.1 Å². The number of rotatable bonds is 6. The molecule has 2 saturated heterocycles. The van der Waals surface area contributed by atoms with E-state index < -0.39 is 5.54 Å². The Kier molecular flexibility index (Phi) is 7.17. The highest BCUT2D eigenvalue weighted by Gasteiger charge is 2.50. The van der Waals surface area contributed by atoms with E-state index in [0.717, 1.165) is 98.1 Å². The average Bonchev–Trinajstić information content (AvgIpc) is 3.82. The van der Waals surface area contributed by atoms with Crippen LogP contribution in [0.3, 0.4) is 0 Å². The number of ether oxygens (including phenoxy) is 1. The van der Waals surface area contributed by atoms with Gasteiger partial charge in [-0.05, 0) is 80.2 Å². The van der Waals surface area contributed by atoms with E-state index in [9.17, 15) is 9.59 Å². The number of likely N-dealkylation sites (tertiary alicyclic amines) is 1. The van der Waals surface area contributed by atoms with Gasteiger partial charge in [-0.3, -0.25) is 19.5 Å². The molecule has 2 aromatic carbocycles. The van der Waals surface area contributed by atoms with E-state index in [-0.39, 0.29) is 29.8 Å². The summed E-state index contributed by atoms with van der Waals surface area (Å²) in [5.74, 6) is 1.81. The van der Waals surface area contributed by atoms with Crippen molar-refractivity contribution >= 4 is 28.6 Å². The summed E-state index contributed by atoms with van der Waals surface area (Å²) < 4.78 is 11.3. The maximum Gasteiger partial charge on any atom is 0.256 e. The minimum absolute atomic E-state index is 0.00810. The summed E-state index contributed by atoms with van der Waals surface area (Å²) in [6.07, 6.45) is 8.31. The lowest BCUT2D eigenvalue weighted by Gasteiger charge is -2.32. The maximum atomic E-state index is 14.0. The van der Waals surface area contributed by atoms with Crippen LogP contribution in [0.25, 0.3) is 22.1 Å². The molecule has 4 unspecified atom stereocenters. The zero-order chi connectivity index (χ0) is 28.8. The lowest BCUT2D eigenvalue weighted by atomic mass is 9.91. The fourth-order valence-electron chi connectivity index (χ4n) is 7.66. The zero-order valence-corrected chi connectivity index (χ0v) is 24.8. The van der Waals surface area contributed by atoms with Gasteiger partial charge in [0.05, 0.1) is 18.3 Å². The summed E-state index contributed by atoms with van der Waals surface area (Å²) >= 11 is 0. The third-order valence-electron chi connectivity index (χ3n) is 10.3. The molecule has 2 amide bonds. The summed E-state index contributed by atoms with van der Waals surface area (Å²) in [5, 5.41) is 1.08. The van der Waals surface area contributed by atoms with Crippen LogP contribution in [-0.4, -0.2) is 65.3 Å². The topological polar surface area (TPSA) is 75.4 Å². The van der Waals surface area contributed by atoms with E-state index in [1.54, 1.807) is 6.26 Å². The number of furan rings is 1. The zero-order valence-electron chi connectivity index (χ0n) is 24.8. The van der Waals surface area contributed by atoms with E-state index >= 15 is 0 Å². The van der Waals surface area contributed by atoms with Crippen molar-refractivity contribution in [2.75, 3.05) is 26.2 Å². The number of nitrogens with zero attached hydrogens (tertiary/aromatic N) is 3. The number of amides is 2. The van der Waals surface area contributed by atoms with E-state index in [4.69, 9.17) is 14.1 Å². The molecule has 3 fully saturated rings. The number of hydrogen-bond donors (Lipinski definition) is 0. The Balaban J connectivity index is 1.08. The molecule has 3 aromatic rings. The van der Waals surface area contributed by atoms with E-state index in [1.807, 2.05) is 24.0 Å². The first-order chi connectivity index (χ1) is 20.4. The first kappa shape index (κ1) is 27.4. The number of fused-ring (bicyclic) bond motifs is 1. The van der Waals surface area contributed by atoms with Crippen LogP contribution in [-0.2, 0) is 14.3 Å². The highest BCUT2D eigenvalue weighted by Crippen LogP contribution is 2.41. The maximum absolute atomic E-state index is 14.0. The van der Waals surface area contributed by atoms with Crippen molar-refractivity contribution in [3.8, 4) is 11.1 Å². The van der Waals surface area contributed by atoms with Gasteiger partial charge in [-0.1, -0.05) is 50.1 Å². The van der Waals surface area contributed by atoms with Crippen molar-refractivity contribution in [2.24, 2.45) is 22.7 Å². The molecule has 220 valence electrons. The molecule has 0 radical (unpaired) electrons. The Bertz CT molecular complexity index is 1500. The second kappa shape index (κ2) is 11.0. The van der Waals surface area contributed by atoms with Crippen molar-refractivity contribution in [1.29, 1.82) is 0 Å². The molecule has 7 nitrogen and oxygen atoms in total. The molecule has 42 heavy (non-hydrogen) atoms. The Morgan fingerprint density at radius 1 is 1.02 bits per heavy atom. The Morgan fingerprint density at radius 2 is 1.79 bits per heavy atom. The monoisotopic (exact) mass is 567 g/mol. The second-order valence-electron chi connectivity index (χ2n) is 13.0. The molecule has 0 bridgehead atoms. The normalized spacial score (nSPS) is 26.4.